The van der Waals surface area contributed by atoms with Crippen molar-refractivity contribution in [3.8, 4) is 0 Å². The van der Waals surface area contributed by atoms with Crippen LogP contribution in [0.1, 0.15) is 52.9 Å². The second kappa shape index (κ2) is 4.94. The Bertz CT molecular complexity index is 843. The van der Waals surface area contributed by atoms with Gasteiger partial charge in [0, 0.05) is 35.1 Å². The first-order valence-corrected chi connectivity index (χ1v) is 11.8. The fourth-order valence-corrected chi connectivity index (χ4v) is 10.8. The molecule has 12 atom stereocenters. The summed E-state index contributed by atoms with van der Waals surface area (Å²) in [5.74, 6) is 1.42. The number of esters is 1. The molecule has 2 spiro atoms. The summed E-state index contributed by atoms with van der Waals surface area (Å²) in [4.78, 5) is 14.8. The van der Waals surface area contributed by atoms with Crippen molar-refractivity contribution in [1.29, 1.82) is 0 Å². The fraction of sp³-hybridized carbons (Fsp3) is 0.875. The Kier molecular flexibility index (Phi) is 3.02. The molecule has 0 radical (unpaired) electrons. The molecule has 4 heterocycles. The number of rotatable bonds is 2. The highest BCUT2D eigenvalue weighted by atomic mass is 16.5. The highest BCUT2D eigenvalue weighted by Crippen LogP contribution is 2.86. The summed E-state index contributed by atoms with van der Waals surface area (Å²) in [5, 5.41) is 11.2. The lowest BCUT2D eigenvalue weighted by molar-refractivity contribution is -0.372. The smallest absolute Gasteiger partial charge is 0.303 e. The van der Waals surface area contributed by atoms with Crippen molar-refractivity contribution in [2.45, 2.75) is 83.5 Å². The summed E-state index contributed by atoms with van der Waals surface area (Å²) >= 11 is 0. The molecule has 5 heteroatoms. The monoisotopic (exact) mass is 399 g/mol. The van der Waals surface area contributed by atoms with Crippen LogP contribution in [0, 0.1) is 39.9 Å². The second-order valence-corrected chi connectivity index (χ2v) is 11.5. The van der Waals surface area contributed by atoms with Crippen molar-refractivity contribution < 1.29 is 19.4 Å². The minimum absolute atomic E-state index is 0.0552. The highest BCUT2D eigenvalue weighted by Gasteiger charge is 2.89. The van der Waals surface area contributed by atoms with Crippen LogP contribution in [-0.2, 0) is 14.3 Å². The number of carbonyl (C=O) groups excluding carboxylic acids is 1. The van der Waals surface area contributed by atoms with E-state index < -0.39 is 0 Å². The van der Waals surface area contributed by atoms with Gasteiger partial charge in [-0.2, -0.15) is 0 Å². The number of hydrogen-bond donors (Lipinski definition) is 1. The Hall–Kier alpha value is -0.910. The van der Waals surface area contributed by atoms with Crippen LogP contribution in [0.25, 0.3) is 0 Å². The van der Waals surface area contributed by atoms with Gasteiger partial charge in [0.1, 0.15) is 12.3 Å². The van der Waals surface area contributed by atoms with Crippen LogP contribution >= 0.6 is 0 Å². The van der Waals surface area contributed by atoms with Gasteiger partial charge in [-0.1, -0.05) is 20.4 Å². The molecule has 1 N–H and O–H groups in total. The van der Waals surface area contributed by atoms with Crippen molar-refractivity contribution in [2.75, 3.05) is 6.54 Å². The van der Waals surface area contributed by atoms with E-state index in [1.807, 2.05) is 0 Å². The topological polar surface area (TPSA) is 59.0 Å². The van der Waals surface area contributed by atoms with Crippen LogP contribution in [0.4, 0.5) is 0 Å². The van der Waals surface area contributed by atoms with Gasteiger partial charge in [0.25, 0.3) is 0 Å². The van der Waals surface area contributed by atoms with Crippen molar-refractivity contribution >= 4 is 5.97 Å². The number of fused-ring (bicyclic) bond motifs is 2. The van der Waals surface area contributed by atoms with E-state index in [9.17, 15) is 9.90 Å². The molecule has 0 unspecified atom stereocenters. The molecule has 29 heavy (non-hydrogen) atoms. The first-order chi connectivity index (χ1) is 13.8. The Morgan fingerprint density at radius 1 is 1.38 bits per heavy atom. The third kappa shape index (κ3) is 1.52. The van der Waals surface area contributed by atoms with Gasteiger partial charge >= 0.3 is 5.97 Å². The molecular weight excluding hydrogens is 366 g/mol. The molecule has 9 bridgehead atoms. The highest BCUT2D eigenvalue weighted by molar-refractivity contribution is 5.67. The van der Waals surface area contributed by atoms with Gasteiger partial charge in [0.2, 0.25) is 0 Å². The van der Waals surface area contributed by atoms with E-state index in [0.29, 0.717) is 29.9 Å². The van der Waals surface area contributed by atoms with E-state index in [1.165, 1.54) is 19.8 Å². The molecule has 158 valence electrons. The predicted octanol–water partition coefficient (Wildman–Crippen LogP) is 2.73. The molecule has 5 nitrogen and oxygen atoms in total. The zero-order chi connectivity index (χ0) is 20.1. The Morgan fingerprint density at radius 2 is 2.17 bits per heavy atom. The summed E-state index contributed by atoms with van der Waals surface area (Å²) < 4.78 is 12.9. The van der Waals surface area contributed by atoms with Crippen LogP contribution in [0.15, 0.2) is 12.2 Å². The van der Waals surface area contributed by atoms with E-state index in [1.54, 1.807) is 0 Å². The first kappa shape index (κ1) is 17.7. The van der Waals surface area contributed by atoms with Gasteiger partial charge in [0.15, 0.2) is 0 Å². The van der Waals surface area contributed by atoms with Gasteiger partial charge in [-0.3, -0.25) is 9.69 Å². The van der Waals surface area contributed by atoms with Crippen LogP contribution in [0.3, 0.4) is 0 Å². The normalized spacial score (nSPS) is 63.3. The predicted molar refractivity (Wildman–Crippen MR) is 106 cm³/mol. The zero-order valence-corrected chi connectivity index (χ0v) is 17.8. The fourth-order valence-electron chi connectivity index (χ4n) is 10.8. The maximum Gasteiger partial charge on any atom is 0.303 e. The molecule has 9 aliphatic rings. The minimum Gasteiger partial charge on any atom is -0.457 e. The third-order valence-corrected chi connectivity index (χ3v) is 11.2. The summed E-state index contributed by atoms with van der Waals surface area (Å²) in [6, 6.07) is 0.509. The first-order valence-electron chi connectivity index (χ1n) is 11.8. The lowest BCUT2D eigenvalue weighted by Gasteiger charge is -2.73. The van der Waals surface area contributed by atoms with E-state index in [-0.39, 0.29) is 46.6 Å². The molecule has 4 saturated heterocycles. The summed E-state index contributed by atoms with van der Waals surface area (Å²) in [7, 11) is 0. The van der Waals surface area contributed by atoms with E-state index in [2.05, 4.69) is 25.3 Å². The minimum atomic E-state index is -0.366. The van der Waals surface area contributed by atoms with Crippen molar-refractivity contribution in [2.24, 2.45) is 39.9 Å². The van der Waals surface area contributed by atoms with Crippen molar-refractivity contribution in [3.05, 3.63) is 12.2 Å². The quantitative estimate of drug-likeness (QED) is 0.572. The molecule has 5 saturated carbocycles. The average Bonchev–Trinajstić information content (AvgIpc) is 3.22. The number of piperidine rings is 1. The zero-order valence-electron chi connectivity index (χ0n) is 17.8. The molecule has 9 fully saturated rings. The maximum absolute atomic E-state index is 12.1. The summed E-state index contributed by atoms with van der Waals surface area (Å²) in [6.07, 6.45) is 5.35. The standard InChI is InChI=1S/C24H33NO4/c1-5-25-19-14-8-16-22(4)7-6-18(29-21(22)25)24(16,19)17-9-15(27)13-10-23(14,17)20(11(13)2)28-12(3)26/h13-21,27H,2,5-10H2,1,3-4H3/t13-,14-,15+,16-,17-,18-,19+,20-,21+,22+,23-,24-/m1/s1. The van der Waals surface area contributed by atoms with Crippen LogP contribution in [0.2, 0.25) is 0 Å². The molecule has 4 aliphatic heterocycles. The Labute approximate surface area is 172 Å². The lowest BCUT2D eigenvalue weighted by atomic mass is 9.41. The Balaban J connectivity index is 1.47. The van der Waals surface area contributed by atoms with E-state index in [4.69, 9.17) is 9.47 Å². The molecular formula is C24H33NO4. The van der Waals surface area contributed by atoms with Crippen LogP contribution in [-0.4, -0.2) is 53.1 Å². The van der Waals surface area contributed by atoms with Gasteiger partial charge in [-0.05, 0) is 62.0 Å². The second-order valence-electron chi connectivity index (χ2n) is 11.5. The number of carbonyl (C=O) groups is 1. The van der Waals surface area contributed by atoms with Gasteiger partial charge < -0.3 is 14.6 Å². The molecule has 9 rings (SSSR count). The number of aliphatic hydroxyl groups excluding tert-OH is 1. The number of aliphatic hydroxyl groups is 1. The van der Waals surface area contributed by atoms with Crippen molar-refractivity contribution in [3.63, 3.8) is 0 Å². The third-order valence-electron chi connectivity index (χ3n) is 11.2. The molecule has 0 aromatic heterocycles. The average molecular weight is 400 g/mol. The van der Waals surface area contributed by atoms with Crippen molar-refractivity contribution in [1.82, 2.24) is 4.90 Å². The largest absolute Gasteiger partial charge is 0.457 e. The van der Waals surface area contributed by atoms with Crippen LogP contribution < -0.4 is 0 Å². The SMILES string of the molecule is C=C1[C@H]2C[C@@]3([C@@H]1OC(C)=O)[C@@H]1C[C@@H]4[C@]5(C)CC[C@H]6O[C@@H]5N(CC)[C@@H]1[C@@]46[C@@H]3C[C@@H]2O. The molecule has 0 aromatic carbocycles. The molecule has 5 aliphatic carbocycles. The van der Waals surface area contributed by atoms with E-state index in [0.717, 1.165) is 31.4 Å². The van der Waals surface area contributed by atoms with E-state index >= 15 is 0 Å². The van der Waals surface area contributed by atoms with Gasteiger partial charge in [-0.15, -0.1) is 0 Å². The van der Waals surface area contributed by atoms with Gasteiger partial charge in [-0.25, -0.2) is 0 Å². The van der Waals surface area contributed by atoms with Gasteiger partial charge in [0.05, 0.1) is 12.2 Å². The Morgan fingerprint density at radius 3 is 2.90 bits per heavy atom. The summed E-state index contributed by atoms with van der Waals surface area (Å²) in [5.41, 5.74) is 1.24. The number of ether oxygens (including phenoxy) is 2. The summed E-state index contributed by atoms with van der Waals surface area (Å²) in [6.45, 7) is 11.7. The lowest BCUT2D eigenvalue weighted by Crippen LogP contribution is -2.78. The number of hydrogen-bond acceptors (Lipinski definition) is 5. The van der Waals surface area contributed by atoms with Crippen LogP contribution in [0.5, 0.6) is 0 Å². The number of nitrogens with zero attached hydrogens (tertiary/aromatic N) is 1. The molecule has 0 amide bonds. The molecule has 0 aromatic rings. The maximum atomic E-state index is 12.1.